The normalized spacial score (nSPS) is 15.9. The van der Waals surface area contributed by atoms with Crippen LogP contribution in [0.2, 0.25) is 0 Å². The predicted molar refractivity (Wildman–Crippen MR) is 101 cm³/mol. The lowest BCUT2D eigenvalue weighted by Gasteiger charge is -2.31. The summed E-state index contributed by atoms with van der Waals surface area (Å²) in [6.45, 7) is 5.20. The first kappa shape index (κ1) is 17.6. The first-order valence-electron chi connectivity index (χ1n) is 8.94. The number of aliphatic hydroxyl groups is 1. The van der Waals surface area contributed by atoms with Crippen LogP contribution in [0.4, 0.5) is 5.69 Å². The second-order valence-corrected chi connectivity index (χ2v) is 6.93. The Kier molecular flexibility index (Phi) is 5.84. The molecule has 0 aromatic heterocycles. The van der Waals surface area contributed by atoms with Crippen molar-refractivity contribution in [2.24, 2.45) is 5.92 Å². The number of anilines is 1. The Labute approximate surface area is 149 Å². The molecular weight excluding hydrogens is 312 g/mol. The zero-order chi connectivity index (χ0) is 17.6. The fourth-order valence-electron chi connectivity index (χ4n) is 3.32. The van der Waals surface area contributed by atoms with Crippen LogP contribution in [-0.4, -0.2) is 35.6 Å². The molecular formula is C21H26N2O2. The Morgan fingerprint density at radius 3 is 2.64 bits per heavy atom. The highest BCUT2D eigenvalue weighted by molar-refractivity contribution is 6.04. The number of hydrogen-bond donors (Lipinski definition) is 2. The Balaban J connectivity index is 1.61. The second-order valence-electron chi connectivity index (χ2n) is 6.93. The second kappa shape index (κ2) is 8.28. The third kappa shape index (κ3) is 4.91. The maximum Gasteiger partial charge on any atom is 0.255 e. The number of aliphatic hydroxyl groups excluding tert-OH is 1. The van der Waals surface area contributed by atoms with Gasteiger partial charge in [-0.05, 0) is 68.6 Å². The molecule has 1 aliphatic heterocycles. The standard InChI is InChI=1S/C21H26N2O2/c1-16-4-2-6-19(12-16)21(25)22-20-7-3-5-18(13-20)14-23-10-8-17(15-24)9-11-23/h2-7,12-13,17,24H,8-11,14-15H2,1H3,(H,22,25). The van der Waals surface area contributed by atoms with Gasteiger partial charge in [0.05, 0.1) is 0 Å². The van der Waals surface area contributed by atoms with E-state index in [0.717, 1.165) is 43.7 Å². The molecule has 3 rings (SSSR count). The lowest BCUT2D eigenvalue weighted by Crippen LogP contribution is -2.34. The molecule has 1 heterocycles. The van der Waals surface area contributed by atoms with E-state index in [1.807, 2.05) is 49.4 Å². The maximum atomic E-state index is 12.4. The molecule has 2 aromatic carbocycles. The third-order valence-corrected chi connectivity index (χ3v) is 4.84. The van der Waals surface area contributed by atoms with E-state index in [9.17, 15) is 9.90 Å². The molecule has 25 heavy (non-hydrogen) atoms. The topological polar surface area (TPSA) is 52.6 Å². The van der Waals surface area contributed by atoms with Crippen molar-refractivity contribution >= 4 is 11.6 Å². The van der Waals surface area contributed by atoms with Gasteiger partial charge >= 0.3 is 0 Å². The first-order valence-corrected chi connectivity index (χ1v) is 8.94. The van der Waals surface area contributed by atoms with Crippen LogP contribution in [0.5, 0.6) is 0 Å². The molecule has 1 fully saturated rings. The van der Waals surface area contributed by atoms with Gasteiger partial charge in [0.15, 0.2) is 0 Å². The van der Waals surface area contributed by atoms with Crippen LogP contribution >= 0.6 is 0 Å². The van der Waals surface area contributed by atoms with Crippen molar-refractivity contribution in [3.63, 3.8) is 0 Å². The van der Waals surface area contributed by atoms with Crippen LogP contribution in [0.1, 0.15) is 34.3 Å². The number of aryl methyl sites for hydroxylation is 1. The molecule has 2 N–H and O–H groups in total. The summed E-state index contributed by atoms with van der Waals surface area (Å²) in [5.41, 5.74) is 3.78. The molecule has 0 bridgehead atoms. The average molecular weight is 338 g/mol. The number of hydrogen-bond acceptors (Lipinski definition) is 3. The van der Waals surface area contributed by atoms with Crippen molar-refractivity contribution in [3.05, 3.63) is 65.2 Å². The summed E-state index contributed by atoms with van der Waals surface area (Å²) in [7, 11) is 0. The number of likely N-dealkylation sites (tertiary alicyclic amines) is 1. The Morgan fingerprint density at radius 1 is 1.16 bits per heavy atom. The number of benzene rings is 2. The van der Waals surface area contributed by atoms with Gasteiger partial charge in [-0.25, -0.2) is 0 Å². The van der Waals surface area contributed by atoms with Crippen LogP contribution in [-0.2, 0) is 6.54 Å². The average Bonchev–Trinajstić information content (AvgIpc) is 2.63. The van der Waals surface area contributed by atoms with E-state index in [2.05, 4.69) is 16.3 Å². The molecule has 1 amide bonds. The first-order chi connectivity index (χ1) is 12.1. The zero-order valence-corrected chi connectivity index (χ0v) is 14.7. The van der Waals surface area contributed by atoms with E-state index in [1.165, 1.54) is 5.56 Å². The number of amides is 1. The van der Waals surface area contributed by atoms with Crippen LogP contribution in [0.25, 0.3) is 0 Å². The van der Waals surface area contributed by atoms with E-state index in [4.69, 9.17) is 0 Å². The predicted octanol–water partition coefficient (Wildman–Crippen LogP) is 3.45. The smallest absolute Gasteiger partial charge is 0.255 e. The summed E-state index contributed by atoms with van der Waals surface area (Å²) >= 11 is 0. The minimum absolute atomic E-state index is 0.0791. The highest BCUT2D eigenvalue weighted by Crippen LogP contribution is 2.20. The van der Waals surface area contributed by atoms with Crippen molar-refractivity contribution in [3.8, 4) is 0 Å². The maximum absolute atomic E-state index is 12.4. The molecule has 132 valence electrons. The molecule has 0 radical (unpaired) electrons. The summed E-state index contributed by atoms with van der Waals surface area (Å²) < 4.78 is 0. The fraction of sp³-hybridized carbons (Fsp3) is 0.381. The molecule has 2 aromatic rings. The van der Waals surface area contributed by atoms with Crippen molar-refractivity contribution in [2.45, 2.75) is 26.3 Å². The highest BCUT2D eigenvalue weighted by Gasteiger charge is 2.18. The number of carbonyl (C=O) groups is 1. The van der Waals surface area contributed by atoms with E-state index in [0.29, 0.717) is 18.1 Å². The molecule has 0 spiro atoms. The van der Waals surface area contributed by atoms with Gasteiger partial charge in [0.2, 0.25) is 0 Å². The molecule has 0 aliphatic carbocycles. The SMILES string of the molecule is Cc1cccc(C(=O)Nc2cccc(CN3CCC(CO)CC3)c2)c1. The van der Waals surface area contributed by atoms with Crippen molar-refractivity contribution in [1.82, 2.24) is 4.90 Å². The third-order valence-electron chi connectivity index (χ3n) is 4.84. The lowest BCUT2D eigenvalue weighted by atomic mass is 9.97. The largest absolute Gasteiger partial charge is 0.396 e. The molecule has 4 nitrogen and oxygen atoms in total. The minimum atomic E-state index is -0.0791. The van der Waals surface area contributed by atoms with Crippen molar-refractivity contribution in [2.75, 3.05) is 25.0 Å². The highest BCUT2D eigenvalue weighted by atomic mass is 16.3. The van der Waals surface area contributed by atoms with E-state index in [-0.39, 0.29) is 5.91 Å². The van der Waals surface area contributed by atoms with Gasteiger partial charge in [0.25, 0.3) is 5.91 Å². The Bertz CT molecular complexity index is 721. The number of piperidine rings is 1. The quantitative estimate of drug-likeness (QED) is 0.878. The zero-order valence-electron chi connectivity index (χ0n) is 14.7. The number of carbonyl (C=O) groups excluding carboxylic acids is 1. The molecule has 0 atom stereocenters. The van der Waals surface area contributed by atoms with Crippen molar-refractivity contribution < 1.29 is 9.90 Å². The Hall–Kier alpha value is -2.17. The minimum Gasteiger partial charge on any atom is -0.396 e. The van der Waals surface area contributed by atoms with E-state index in [1.54, 1.807) is 0 Å². The lowest BCUT2D eigenvalue weighted by molar-refractivity contribution is 0.102. The number of nitrogens with zero attached hydrogens (tertiary/aromatic N) is 1. The molecule has 1 saturated heterocycles. The van der Waals surface area contributed by atoms with Gasteiger partial charge in [-0.2, -0.15) is 0 Å². The molecule has 1 aliphatic rings. The van der Waals surface area contributed by atoms with Gasteiger partial charge in [-0.3, -0.25) is 9.69 Å². The van der Waals surface area contributed by atoms with Gasteiger partial charge in [-0.15, -0.1) is 0 Å². The van der Waals surface area contributed by atoms with Crippen LogP contribution in [0.15, 0.2) is 48.5 Å². The van der Waals surface area contributed by atoms with Crippen LogP contribution in [0.3, 0.4) is 0 Å². The summed E-state index contributed by atoms with van der Waals surface area (Å²) in [5, 5.41) is 12.2. The monoisotopic (exact) mass is 338 g/mol. The molecule has 0 saturated carbocycles. The van der Waals surface area contributed by atoms with Gasteiger partial charge in [0, 0.05) is 24.4 Å². The van der Waals surface area contributed by atoms with Gasteiger partial charge in [0.1, 0.15) is 0 Å². The Morgan fingerprint density at radius 2 is 1.92 bits per heavy atom. The summed E-state index contributed by atoms with van der Waals surface area (Å²) in [6, 6.07) is 15.7. The van der Waals surface area contributed by atoms with Crippen molar-refractivity contribution in [1.29, 1.82) is 0 Å². The number of rotatable bonds is 5. The van der Waals surface area contributed by atoms with Gasteiger partial charge in [-0.1, -0.05) is 29.8 Å². The fourth-order valence-corrected chi connectivity index (χ4v) is 3.32. The van der Waals surface area contributed by atoms with Crippen LogP contribution < -0.4 is 5.32 Å². The summed E-state index contributed by atoms with van der Waals surface area (Å²) in [4.78, 5) is 14.8. The summed E-state index contributed by atoms with van der Waals surface area (Å²) in [5.74, 6) is 0.376. The van der Waals surface area contributed by atoms with E-state index >= 15 is 0 Å². The molecule has 0 unspecified atom stereocenters. The number of nitrogens with one attached hydrogen (secondary N) is 1. The van der Waals surface area contributed by atoms with E-state index < -0.39 is 0 Å². The summed E-state index contributed by atoms with van der Waals surface area (Å²) in [6.07, 6.45) is 2.11. The van der Waals surface area contributed by atoms with Crippen LogP contribution in [0, 0.1) is 12.8 Å². The van der Waals surface area contributed by atoms with Gasteiger partial charge < -0.3 is 10.4 Å². The molecule has 4 heteroatoms.